The number of aromatic nitrogens is 1. The number of carbonyl (C=O) groups excluding carboxylic acids is 2. The fraction of sp³-hybridized carbons (Fsp3) is 0.438. The summed E-state index contributed by atoms with van der Waals surface area (Å²) in [6, 6.07) is 14.8. The van der Waals surface area contributed by atoms with Crippen LogP contribution in [0, 0.1) is 5.41 Å². The van der Waals surface area contributed by atoms with Gasteiger partial charge < -0.3 is 29.5 Å². The molecular formula is C32H39N3O7. The third kappa shape index (κ3) is 7.10. The monoisotopic (exact) mass is 577 g/mol. The summed E-state index contributed by atoms with van der Waals surface area (Å²) in [5.74, 6) is -0.500. The van der Waals surface area contributed by atoms with E-state index in [-0.39, 0.29) is 13.0 Å². The summed E-state index contributed by atoms with van der Waals surface area (Å²) < 4.78 is 17.2. The van der Waals surface area contributed by atoms with Crippen molar-refractivity contribution in [2.24, 2.45) is 5.41 Å². The predicted octanol–water partition coefficient (Wildman–Crippen LogP) is 5.28. The third-order valence-corrected chi connectivity index (χ3v) is 6.95. The molecule has 42 heavy (non-hydrogen) atoms. The first kappa shape index (κ1) is 30.6. The van der Waals surface area contributed by atoms with Gasteiger partial charge in [-0.1, -0.05) is 51.1 Å². The number of hydrogen-bond acceptors (Lipinski definition) is 7. The van der Waals surface area contributed by atoms with E-state index >= 15 is 0 Å². The zero-order valence-electron chi connectivity index (χ0n) is 25.1. The highest BCUT2D eigenvalue weighted by molar-refractivity contribution is 5.91. The molecule has 0 saturated carbocycles. The van der Waals surface area contributed by atoms with E-state index in [0.29, 0.717) is 22.7 Å². The molecule has 3 atom stereocenters. The molecule has 1 aliphatic rings. The molecule has 10 heteroatoms. The summed E-state index contributed by atoms with van der Waals surface area (Å²) in [7, 11) is 1.58. The molecule has 3 aromatic rings. The van der Waals surface area contributed by atoms with E-state index < -0.39 is 47.2 Å². The highest BCUT2D eigenvalue weighted by Crippen LogP contribution is 2.35. The summed E-state index contributed by atoms with van der Waals surface area (Å²) in [4.78, 5) is 44.9. The van der Waals surface area contributed by atoms with Gasteiger partial charge in [0.05, 0.1) is 24.9 Å². The molecule has 0 aliphatic carbocycles. The van der Waals surface area contributed by atoms with Crippen LogP contribution in [0.1, 0.15) is 48.0 Å². The van der Waals surface area contributed by atoms with Crippen molar-refractivity contribution in [1.29, 1.82) is 0 Å². The van der Waals surface area contributed by atoms with Gasteiger partial charge in [0.15, 0.2) is 0 Å². The predicted molar refractivity (Wildman–Crippen MR) is 159 cm³/mol. The van der Waals surface area contributed by atoms with E-state index in [1.165, 1.54) is 4.90 Å². The number of methoxy groups -OCH3 is 1. The number of carboxylic acid groups (broad SMARTS) is 1. The number of likely N-dealkylation sites (tertiary alicyclic amines) is 1. The van der Waals surface area contributed by atoms with Crippen molar-refractivity contribution in [3.05, 3.63) is 54.6 Å². The topological polar surface area (TPSA) is 127 Å². The number of carbonyl (C=O) groups is 3. The van der Waals surface area contributed by atoms with Crippen LogP contribution in [-0.2, 0) is 14.3 Å². The van der Waals surface area contributed by atoms with E-state index in [4.69, 9.17) is 19.2 Å². The van der Waals surface area contributed by atoms with Crippen molar-refractivity contribution in [1.82, 2.24) is 15.2 Å². The van der Waals surface area contributed by atoms with Crippen molar-refractivity contribution in [2.75, 3.05) is 13.7 Å². The lowest BCUT2D eigenvalue weighted by Gasteiger charge is -2.35. The number of nitrogens with one attached hydrogen (secondary N) is 1. The second-order valence-electron chi connectivity index (χ2n) is 12.5. The number of pyridine rings is 1. The SMILES string of the molecule is COc1ccc2c(OC3CC(C(=O)O)N(C(=O)C(NC(=O)OC(C)(C)C)C(C)(C)C)C3)cc(-c3ccccc3)nc2c1. The molecule has 0 spiro atoms. The minimum absolute atomic E-state index is 0.0268. The standard InChI is InChI=1S/C32H39N3O7/c1-31(2,3)27(34-30(39)42-32(4,5)6)28(36)35-18-21(16-25(35)29(37)38)41-26-17-23(19-11-9-8-10-12-19)33-24-15-20(40-7)13-14-22(24)26/h8-15,17,21,25,27H,16,18H2,1-7H3,(H,34,39)(H,37,38). The molecule has 2 N–H and O–H groups in total. The summed E-state index contributed by atoms with van der Waals surface area (Å²) in [5.41, 5.74) is 0.741. The van der Waals surface area contributed by atoms with Crippen LogP contribution in [0.15, 0.2) is 54.6 Å². The maximum atomic E-state index is 13.8. The molecule has 1 fully saturated rings. The van der Waals surface area contributed by atoms with Gasteiger partial charge in [0.1, 0.15) is 35.3 Å². The Bertz CT molecular complexity index is 1460. The van der Waals surface area contributed by atoms with Gasteiger partial charge in [0.2, 0.25) is 5.91 Å². The molecule has 3 unspecified atom stereocenters. The van der Waals surface area contributed by atoms with Crippen LogP contribution in [-0.4, -0.2) is 70.4 Å². The van der Waals surface area contributed by atoms with Gasteiger partial charge >= 0.3 is 12.1 Å². The average molecular weight is 578 g/mol. The molecule has 2 amide bonds. The summed E-state index contributed by atoms with van der Waals surface area (Å²) in [5, 5.41) is 13.5. The van der Waals surface area contributed by atoms with Crippen LogP contribution >= 0.6 is 0 Å². The number of rotatable bonds is 7. The lowest BCUT2D eigenvalue weighted by molar-refractivity contribution is -0.150. The smallest absolute Gasteiger partial charge is 0.408 e. The second kappa shape index (κ2) is 11.9. The molecular weight excluding hydrogens is 538 g/mol. The first-order valence-electron chi connectivity index (χ1n) is 13.9. The van der Waals surface area contributed by atoms with Crippen LogP contribution in [0.25, 0.3) is 22.2 Å². The molecule has 4 rings (SSSR count). The van der Waals surface area contributed by atoms with E-state index in [9.17, 15) is 19.5 Å². The number of amides is 2. The lowest BCUT2D eigenvalue weighted by Crippen LogP contribution is -2.57. The van der Waals surface area contributed by atoms with Crippen molar-refractivity contribution in [3.8, 4) is 22.8 Å². The van der Waals surface area contributed by atoms with Gasteiger partial charge in [-0.15, -0.1) is 0 Å². The van der Waals surface area contributed by atoms with E-state index in [1.807, 2.05) is 48.5 Å². The van der Waals surface area contributed by atoms with Gasteiger partial charge in [0.25, 0.3) is 0 Å². The number of carboxylic acids is 1. The Morgan fingerprint density at radius 3 is 2.31 bits per heavy atom. The first-order chi connectivity index (χ1) is 19.7. The maximum Gasteiger partial charge on any atom is 0.408 e. The quantitative estimate of drug-likeness (QED) is 0.388. The van der Waals surface area contributed by atoms with Crippen molar-refractivity contribution in [3.63, 3.8) is 0 Å². The molecule has 0 radical (unpaired) electrons. The van der Waals surface area contributed by atoms with Crippen molar-refractivity contribution in [2.45, 2.75) is 71.8 Å². The Kier molecular flexibility index (Phi) is 8.65. The maximum absolute atomic E-state index is 13.8. The summed E-state index contributed by atoms with van der Waals surface area (Å²) in [6.07, 6.45) is -1.29. The summed E-state index contributed by atoms with van der Waals surface area (Å²) in [6.45, 7) is 10.6. The van der Waals surface area contributed by atoms with E-state index in [0.717, 1.165) is 10.9 Å². The van der Waals surface area contributed by atoms with Crippen molar-refractivity contribution >= 4 is 28.9 Å². The number of aliphatic carboxylic acids is 1. The number of alkyl carbamates (subject to hydrolysis) is 1. The Balaban J connectivity index is 1.65. The average Bonchev–Trinajstić information content (AvgIpc) is 3.34. The highest BCUT2D eigenvalue weighted by Gasteiger charge is 2.46. The van der Waals surface area contributed by atoms with Gasteiger partial charge in [-0.25, -0.2) is 14.6 Å². The Labute approximate surface area is 246 Å². The lowest BCUT2D eigenvalue weighted by atomic mass is 9.85. The van der Waals surface area contributed by atoms with Gasteiger partial charge in [-0.2, -0.15) is 0 Å². The molecule has 1 saturated heterocycles. The van der Waals surface area contributed by atoms with Crippen LogP contribution in [0.2, 0.25) is 0 Å². The zero-order chi connectivity index (χ0) is 30.8. The van der Waals surface area contributed by atoms with Crippen LogP contribution in [0.5, 0.6) is 11.5 Å². The fourth-order valence-electron chi connectivity index (χ4n) is 4.94. The number of fused-ring (bicyclic) bond motifs is 1. The fourth-order valence-corrected chi connectivity index (χ4v) is 4.94. The van der Waals surface area contributed by atoms with E-state index in [2.05, 4.69) is 5.32 Å². The Morgan fingerprint density at radius 2 is 1.71 bits per heavy atom. The number of benzene rings is 2. The summed E-state index contributed by atoms with van der Waals surface area (Å²) >= 11 is 0. The minimum atomic E-state index is -1.14. The molecule has 0 bridgehead atoms. The number of ether oxygens (including phenoxy) is 3. The Hall–Kier alpha value is -4.34. The van der Waals surface area contributed by atoms with Crippen LogP contribution in [0.4, 0.5) is 4.79 Å². The first-order valence-corrected chi connectivity index (χ1v) is 13.9. The molecule has 1 aromatic heterocycles. The van der Waals surface area contributed by atoms with Crippen molar-refractivity contribution < 1.29 is 33.7 Å². The minimum Gasteiger partial charge on any atom is -0.497 e. The van der Waals surface area contributed by atoms with Gasteiger partial charge in [-0.3, -0.25) is 4.79 Å². The molecule has 224 valence electrons. The van der Waals surface area contributed by atoms with Crippen LogP contribution in [0.3, 0.4) is 0 Å². The number of hydrogen-bond donors (Lipinski definition) is 2. The van der Waals surface area contributed by atoms with Crippen LogP contribution < -0.4 is 14.8 Å². The normalized spacial score (nSPS) is 17.9. The second-order valence-corrected chi connectivity index (χ2v) is 12.5. The molecule has 2 aromatic carbocycles. The van der Waals surface area contributed by atoms with E-state index in [1.54, 1.807) is 54.7 Å². The largest absolute Gasteiger partial charge is 0.497 e. The highest BCUT2D eigenvalue weighted by atomic mass is 16.6. The Morgan fingerprint density at radius 1 is 1.02 bits per heavy atom. The third-order valence-electron chi connectivity index (χ3n) is 6.95. The molecule has 2 heterocycles. The van der Waals surface area contributed by atoms with Gasteiger partial charge in [0, 0.05) is 29.5 Å². The molecule has 1 aliphatic heterocycles. The zero-order valence-corrected chi connectivity index (χ0v) is 25.1. The van der Waals surface area contributed by atoms with Gasteiger partial charge in [-0.05, 0) is 38.3 Å². The molecule has 10 nitrogen and oxygen atoms in total. The number of nitrogens with zero attached hydrogens (tertiary/aromatic N) is 2.